The van der Waals surface area contributed by atoms with Gasteiger partial charge in [-0.25, -0.2) is 0 Å². The van der Waals surface area contributed by atoms with E-state index < -0.39 is 0 Å². The summed E-state index contributed by atoms with van der Waals surface area (Å²) < 4.78 is 0. The molecule has 25 heavy (non-hydrogen) atoms. The molecule has 2 aromatic carbocycles. The van der Waals surface area contributed by atoms with E-state index in [1.54, 1.807) is 0 Å². The zero-order valence-corrected chi connectivity index (χ0v) is 16.9. The van der Waals surface area contributed by atoms with Gasteiger partial charge in [-0.1, -0.05) is 102 Å². The fraction of sp³-hybridized carbons (Fsp3) is 0.480. The Labute approximate surface area is 155 Å². The third kappa shape index (κ3) is 6.69. The van der Waals surface area contributed by atoms with E-state index in [-0.39, 0.29) is 0 Å². The van der Waals surface area contributed by atoms with Crippen LogP contribution in [0.3, 0.4) is 0 Å². The lowest BCUT2D eigenvalue weighted by molar-refractivity contribution is 0.411. The minimum absolute atomic E-state index is 0.341. The number of hydrogen-bond donors (Lipinski definition) is 0. The smallest absolute Gasteiger partial charge is 0.0309 e. The Kier molecular flexibility index (Phi) is 7.29. The summed E-state index contributed by atoms with van der Waals surface area (Å²) in [6.07, 6.45) is 7.66. The molecule has 0 aliphatic rings. The minimum Gasteiger partial charge on any atom is -0.0654 e. The highest BCUT2D eigenvalue weighted by molar-refractivity contribution is 5.45. The Balaban J connectivity index is 1.96. The maximum Gasteiger partial charge on any atom is 0.0309 e. The Morgan fingerprint density at radius 2 is 1.24 bits per heavy atom. The van der Waals surface area contributed by atoms with Gasteiger partial charge in [0.25, 0.3) is 0 Å². The molecule has 0 unspecified atom stereocenters. The summed E-state index contributed by atoms with van der Waals surface area (Å²) in [5.41, 5.74) is 5.89. The zero-order chi connectivity index (χ0) is 18.3. The van der Waals surface area contributed by atoms with Crippen LogP contribution in [0.4, 0.5) is 0 Å². The number of unbranched alkanes of at least 4 members (excludes halogenated alkanes) is 3. The topological polar surface area (TPSA) is 0 Å². The van der Waals surface area contributed by atoms with Gasteiger partial charge in [0, 0.05) is 5.92 Å². The number of rotatable bonds is 8. The van der Waals surface area contributed by atoms with Crippen molar-refractivity contribution in [2.24, 2.45) is 5.41 Å². The first-order chi connectivity index (χ1) is 11.9. The van der Waals surface area contributed by atoms with Crippen LogP contribution in [0.5, 0.6) is 0 Å². The summed E-state index contributed by atoms with van der Waals surface area (Å²) in [4.78, 5) is 0. The van der Waals surface area contributed by atoms with Crippen molar-refractivity contribution < 1.29 is 0 Å². The van der Waals surface area contributed by atoms with Crippen LogP contribution in [0.2, 0.25) is 0 Å². The van der Waals surface area contributed by atoms with E-state index in [4.69, 9.17) is 0 Å². The Morgan fingerprint density at radius 3 is 1.72 bits per heavy atom. The van der Waals surface area contributed by atoms with Gasteiger partial charge in [0.1, 0.15) is 0 Å². The van der Waals surface area contributed by atoms with Gasteiger partial charge in [-0.05, 0) is 46.9 Å². The lowest BCUT2D eigenvalue weighted by Gasteiger charge is -2.19. The highest BCUT2D eigenvalue weighted by atomic mass is 14.2. The molecule has 0 aliphatic carbocycles. The third-order valence-corrected chi connectivity index (χ3v) is 4.83. The van der Waals surface area contributed by atoms with E-state index >= 15 is 0 Å². The Bertz CT molecular complexity index is 611. The molecule has 0 N–H and O–H groups in total. The normalized spacial score (nSPS) is 11.9. The standard InChI is InChI=1S/C25H35/c1-6-7-8-9-10-21-11-15-23(16-12-21)20(2)24-17-13-22(14-18-24)19-25(3,4)5/h11-18H,6-10,19H2,1-5H3. The second-order valence-electron chi connectivity index (χ2n) is 8.57. The van der Waals surface area contributed by atoms with Crippen molar-refractivity contribution in [1.82, 2.24) is 0 Å². The van der Waals surface area contributed by atoms with Gasteiger partial charge in [0.05, 0.1) is 0 Å². The van der Waals surface area contributed by atoms with E-state index in [2.05, 4.69) is 83.1 Å². The largest absolute Gasteiger partial charge is 0.0654 e. The van der Waals surface area contributed by atoms with Crippen LogP contribution in [-0.2, 0) is 12.8 Å². The molecule has 0 nitrogen and oxygen atoms in total. The molecule has 2 aromatic rings. The molecule has 0 atom stereocenters. The van der Waals surface area contributed by atoms with Gasteiger partial charge in [0.15, 0.2) is 0 Å². The highest BCUT2D eigenvalue weighted by Gasteiger charge is 2.13. The molecule has 0 fully saturated rings. The van der Waals surface area contributed by atoms with Crippen LogP contribution >= 0.6 is 0 Å². The van der Waals surface area contributed by atoms with Gasteiger partial charge in [-0.3, -0.25) is 0 Å². The van der Waals surface area contributed by atoms with Crippen molar-refractivity contribution in [1.29, 1.82) is 0 Å². The van der Waals surface area contributed by atoms with Crippen molar-refractivity contribution in [3.8, 4) is 0 Å². The van der Waals surface area contributed by atoms with E-state index in [9.17, 15) is 0 Å². The third-order valence-electron chi connectivity index (χ3n) is 4.83. The fourth-order valence-corrected chi connectivity index (χ4v) is 3.33. The SMILES string of the molecule is CCCCCCc1ccc([C](C)c2ccc(CC(C)(C)C)cc2)cc1. The molecular formula is C25H35. The van der Waals surface area contributed by atoms with Crippen LogP contribution in [0.1, 0.15) is 82.6 Å². The molecule has 135 valence electrons. The molecule has 0 aromatic heterocycles. The van der Waals surface area contributed by atoms with Crippen LogP contribution in [0.15, 0.2) is 48.5 Å². The second-order valence-corrected chi connectivity index (χ2v) is 8.57. The lowest BCUT2D eigenvalue weighted by Crippen LogP contribution is -2.09. The fourth-order valence-electron chi connectivity index (χ4n) is 3.33. The summed E-state index contributed by atoms with van der Waals surface area (Å²) in [5.74, 6) is 1.36. The van der Waals surface area contributed by atoms with Gasteiger partial charge in [-0.2, -0.15) is 0 Å². The van der Waals surface area contributed by atoms with E-state index in [0.29, 0.717) is 5.41 Å². The van der Waals surface area contributed by atoms with Crippen LogP contribution in [-0.4, -0.2) is 0 Å². The van der Waals surface area contributed by atoms with Gasteiger partial charge < -0.3 is 0 Å². The van der Waals surface area contributed by atoms with Gasteiger partial charge in [-0.15, -0.1) is 0 Å². The zero-order valence-electron chi connectivity index (χ0n) is 16.9. The van der Waals surface area contributed by atoms with Crippen molar-refractivity contribution in [2.75, 3.05) is 0 Å². The summed E-state index contributed by atoms with van der Waals surface area (Å²) in [5, 5.41) is 0. The number of aryl methyl sites for hydroxylation is 1. The van der Waals surface area contributed by atoms with Gasteiger partial charge >= 0.3 is 0 Å². The molecular weight excluding hydrogens is 300 g/mol. The monoisotopic (exact) mass is 335 g/mol. The quantitative estimate of drug-likeness (QED) is 0.441. The average molecular weight is 336 g/mol. The number of benzene rings is 2. The maximum atomic E-state index is 2.30. The maximum absolute atomic E-state index is 2.30. The molecule has 0 heteroatoms. The van der Waals surface area contributed by atoms with Crippen molar-refractivity contribution in [3.05, 3.63) is 76.7 Å². The van der Waals surface area contributed by atoms with Crippen LogP contribution in [0, 0.1) is 11.3 Å². The van der Waals surface area contributed by atoms with E-state index in [0.717, 1.165) is 6.42 Å². The van der Waals surface area contributed by atoms with Crippen LogP contribution in [0.25, 0.3) is 0 Å². The first-order valence-corrected chi connectivity index (χ1v) is 9.91. The molecule has 0 spiro atoms. The Hall–Kier alpha value is -1.56. The minimum atomic E-state index is 0.341. The number of hydrogen-bond acceptors (Lipinski definition) is 0. The predicted molar refractivity (Wildman–Crippen MR) is 111 cm³/mol. The molecule has 1 radical (unpaired) electrons. The summed E-state index contributed by atoms with van der Waals surface area (Å²) in [6, 6.07) is 18.3. The first-order valence-electron chi connectivity index (χ1n) is 9.91. The van der Waals surface area contributed by atoms with E-state index in [1.807, 2.05) is 0 Å². The molecule has 2 rings (SSSR count). The first kappa shape index (κ1) is 19.8. The molecule has 0 saturated carbocycles. The summed E-state index contributed by atoms with van der Waals surface area (Å²) in [6.45, 7) is 11.4. The van der Waals surface area contributed by atoms with Crippen molar-refractivity contribution in [3.63, 3.8) is 0 Å². The summed E-state index contributed by atoms with van der Waals surface area (Å²) in [7, 11) is 0. The van der Waals surface area contributed by atoms with Gasteiger partial charge in [0.2, 0.25) is 0 Å². The predicted octanol–water partition coefficient (Wildman–Crippen LogP) is 7.39. The molecule has 0 saturated heterocycles. The lowest BCUT2D eigenvalue weighted by atomic mass is 9.86. The molecule has 0 amide bonds. The van der Waals surface area contributed by atoms with E-state index in [1.165, 1.54) is 60.3 Å². The van der Waals surface area contributed by atoms with Crippen molar-refractivity contribution in [2.45, 2.75) is 73.1 Å². The Morgan fingerprint density at radius 1 is 0.720 bits per heavy atom. The molecule has 0 bridgehead atoms. The highest BCUT2D eigenvalue weighted by Crippen LogP contribution is 2.26. The second kappa shape index (κ2) is 9.22. The molecule has 0 aliphatic heterocycles. The molecule has 0 heterocycles. The summed E-state index contributed by atoms with van der Waals surface area (Å²) >= 11 is 0. The van der Waals surface area contributed by atoms with Crippen molar-refractivity contribution >= 4 is 0 Å². The van der Waals surface area contributed by atoms with Crippen LogP contribution < -0.4 is 0 Å². The average Bonchev–Trinajstić information content (AvgIpc) is 2.58.